The molecule has 2 aromatic rings. The summed E-state index contributed by atoms with van der Waals surface area (Å²) in [6, 6.07) is 17.3. The summed E-state index contributed by atoms with van der Waals surface area (Å²) in [5, 5.41) is 0.541. The van der Waals surface area contributed by atoms with Crippen LogP contribution in [0.3, 0.4) is 0 Å². The molecule has 0 amide bonds. The monoisotopic (exact) mass is 432 g/mol. The molecule has 6 nitrogen and oxygen atoms in total. The maximum absolute atomic E-state index is 12.5. The molecule has 0 spiro atoms. The second-order valence-corrected chi connectivity index (χ2v) is 9.79. The molecule has 2 aromatic carbocycles. The molecule has 0 saturated carbocycles. The van der Waals surface area contributed by atoms with E-state index in [0.29, 0.717) is 12.3 Å². The van der Waals surface area contributed by atoms with E-state index < -0.39 is 15.8 Å². The van der Waals surface area contributed by atoms with Gasteiger partial charge >= 0.3 is 0 Å². The fourth-order valence-corrected chi connectivity index (χ4v) is 6.20. The standard InChI is InChI=1S/C21H24N2O4S2/c1-26-18-12-10-17(11-13-18)21(27-29(2,24)25)19(16-8-4-3-5-9-16)28-20-22-14-6-7-15-23(20)21/h3-5,8-13,19H,6-7,14-15H2,1-2H3. The summed E-state index contributed by atoms with van der Waals surface area (Å²) >= 11 is 1.57. The van der Waals surface area contributed by atoms with Crippen LogP contribution in [0.5, 0.6) is 5.75 Å². The summed E-state index contributed by atoms with van der Waals surface area (Å²) in [6.45, 7) is 1.41. The Morgan fingerprint density at radius 2 is 1.83 bits per heavy atom. The fraction of sp³-hybridized carbons (Fsp3) is 0.381. The topological polar surface area (TPSA) is 68.2 Å². The smallest absolute Gasteiger partial charge is 0.267 e. The van der Waals surface area contributed by atoms with Crippen molar-refractivity contribution in [1.29, 1.82) is 0 Å². The van der Waals surface area contributed by atoms with Crippen molar-refractivity contribution < 1.29 is 17.3 Å². The Balaban J connectivity index is 1.95. The number of benzene rings is 2. The molecule has 154 valence electrons. The third-order valence-electron chi connectivity index (χ3n) is 5.13. The summed E-state index contributed by atoms with van der Waals surface area (Å²) in [5.74, 6) is 0.704. The Morgan fingerprint density at radius 3 is 2.48 bits per heavy atom. The highest BCUT2D eigenvalue weighted by atomic mass is 32.2. The van der Waals surface area contributed by atoms with Crippen molar-refractivity contribution in [2.24, 2.45) is 4.99 Å². The molecule has 0 radical (unpaired) electrons. The average Bonchev–Trinajstić information content (AvgIpc) is 2.86. The largest absolute Gasteiger partial charge is 0.497 e. The van der Waals surface area contributed by atoms with E-state index in [1.54, 1.807) is 18.9 Å². The Morgan fingerprint density at radius 1 is 1.10 bits per heavy atom. The SMILES string of the molecule is COc1ccc(C2(OS(C)(=O)=O)C(c3ccccc3)SC3=NCCCCN32)cc1. The molecular formula is C21H24N2O4S2. The molecule has 0 aliphatic carbocycles. The number of amidine groups is 1. The third-order valence-corrected chi connectivity index (χ3v) is 7.08. The zero-order valence-electron chi connectivity index (χ0n) is 16.4. The minimum atomic E-state index is -3.77. The molecule has 2 aliphatic heterocycles. The van der Waals surface area contributed by atoms with Crippen molar-refractivity contribution in [3.05, 3.63) is 65.7 Å². The lowest BCUT2D eigenvalue weighted by atomic mass is 9.92. The molecule has 2 unspecified atom stereocenters. The van der Waals surface area contributed by atoms with Gasteiger partial charge in [0.2, 0.25) is 5.72 Å². The molecule has 8 heteroatoms. The summed E-state index contributed by atoms with van der Waals surface area (Å²) < 4.78 is 36.3. The summed E-state index contributed by atoms with van der Waals surface area (Å²) in [7, 11) is -2.17. The minimum Gasteiger partial charge on any atom is -0.497 e. The van der Waals surface area contributed by atoms with Gasteiger partial charge in [-0.25, -0.2) is 4.18 Å². The lowest BCUT2D eigenvalue weighted by molar-refractivity contribution is -0.0391. The highest BCUT2D eigenvalue weighted by Gasteiger charge is 2.57. The van der Waals surface area contributed by atoms with E-state index in [1.165, 1.54) is 0 Å². The van der Waals surface area contributed by atoms with E-state index in [0.717, 1.165) is 41.9 Å². The lowest BCUT2D eigenvalue weighted by Gasteiger charge is -2.41. The van der Waals surface area contributed by atoms with E-state index in [1.807, 2.05) is 59.5 Å². The molecule has 29 heavy (non-hydrogen) atoms. The van der Waals surface area contributed by atoms with Gasteiger partial charge in [0.1, 0.15) is 5.75 Å². The zero-order chi connectivity index (χ0) is 20.5. The first-order chi connectivity index (χ1) is 13.9. The zero-order valence-corrected chi connectivity index (χ0v) is 18.1. The molecule has 1 fully saturated rings. The number of methoxy groups -OCH3 is 1. The fourth-order valence-electron chi connectivity index (χ4n) is 3.90. The Labute approximate surface area is 176 Å². The van der Waals surface area contributed by atoms with Crippen molar-refractivity contribution in [3.8, 4) is 5.75 Å². The van der Waals surface area contributed by atoms with Crippen LogP contribution in [0.2, 0.25) is 0 Å². The number of fused-ring (bicyclic) bond motifs is 1. The number of ether oxygens (including phenoxy) is 1. The number of aliphatic imine (C=N–C) groups is 1. The maximum atomic E-state index is 12.5. The number of nitrogens with zero attached hydrogens (tertiary/aromatic N) is 2. The van der Waals surface area contributed by atoms with E-state index in [2.05, 4.69) is 0 Å². The van der Waals surface area contributed by atoms with Crippen molar-refractivity contribution in [1.82, 2.24) is 4.90 Å². The number of hydrogen-bond acceptors (Lipinski definition) is 7. The van der Waals surface area contributed by atoms with Crippen LogP contribution >= 0.6 is 11.8 Å². The van der Waals surface area contributed by atoms with Gasteiger partial charge < -0.3 is 9.64 Å². The quantitative estimate of drug-likeness (QED) is 0.670. The predicted octanol–water partition coefficient (Wildman–Crippen LogP) is 3.76. The van der Waals surface area contributed by atoms with Gasteiger partial charge in [-0.15, -0.1) is 0 Å². The maximum Gasteiger partial charge on any atom is 0.267 e. The van der Waals surface area contributed by atoms with Gasteiger partial charge in [-0.05, 0) is 30.5 Å². The first-order valence-corrected chi connectivity index (χ1v) is 12.2. The van der Waals surface area contributed by atoms with E-state index in [4.69, 9.17) is 13.9 Å². The normalized spacial score (nSPS) is 24.6. The van der Waals surface area contributed by atoms with Gasteiger partial charge in [-0.2, -0.15) is 8.42 Å². The van der Waals surface area contributed by atoms with Crippen LogP contribution in [0, 0.1) is 0 Å². The van der Waals surface area contributed by atoms with Gasteiger partial charge in [-0.1, -0.05) is 54.2 Å². The molecule has 0 aromatic heterocycles. The van der Waals surface area contributed by atoms with Gasteiger partial charge in [0, 0.05) is 18.7 Å². The van der Waals surface area contributed by atoms with E-state index in [-0.39, 0.29) is 5.25 Å². The second-order valence-electron chi connectivity index (χ2n) is 7.14. The molecule has 0 N–H and O–H groups in total. The van der Waals surface area contributed by atoms with Crippen LogP contribution in [-0.4, -0.2) is 44.9 Å². The molecule has 2 atom stereocenters. The third kappa shape index (κ3) is 3.89. The number of rotatable bonds is 5. The van der Waals surface area contributed by atoms with Gasteiger partial charge in [0.15, 0.2) is 5.17 Å². The first-order valence-electron chi connectivity index (χ1n) is 9.53. The van der Waals surface area contributed by atoms with Gasteiger partial charge in [0.25, 0.3) is 10.1 Å². The van der Waals surface area contributed by atoms with Crippen LogP contribution in [-0.2, 0) is 20.0 Å². The lowest BCUT2D eigenvalue weighted by Crippen LogP contribution is -2.49. The predicted molar refractivity (Wildman–Crippen MR) is 116 cm³/mol. The molecule has 2 heterocycles. The highest BCUT2D eigenvalue weighted by Crippen LogP contribution is 2.57. The average molecular weight is 433 g/mol. The summed E-state index contributed by atoms with van der Waals surface area (Å²) in [5.41, 5.74) is 0.541. The van der Waals surface area contributed by atoms with Crippen LogP contribution < -0.4 is 4.74 Å². The van der Waals surface area contributed by atoms with Crippen LogP contribution in [0.1, 0.15) is 29.2 Å². The molecule has 1 saturated heterocycles. The van der Waals surface area contributed by atoms with Crippen molar-refractivity contribution in [3.63, 3.8) is 0 Å². The van der Waals surface area contributed by atoms with Crippen molar-refractivity contribution in [2.45, 2.75) is 23.8 Å². The van der Waals surface area contributed by atoms with Crippen LogP contribution in [0.15, 0.2) is 59.6 Å². The Bertz CT molecular complexity index is 993. The van der Waals surface area contributed by atoms with Gasteiger partial charge in [-0.3, -0.25) is 4.99 Å². The van der Waals surface area contributed by atoms with Gasteiger partial charge in [0.05, 0.1) is 18.6 Å². The molecule has 2 aliphatic rings. The molecule has 0 bridgehead atoms. The highest BCUT2D eigenvalue weighted by molar-refractivity contribution is 8.14. The first kappa shape index (κ1) is 20.3. The minimum absolute atomic E-state index is 0.288. The van der Waals surface area contributed by atoms with E-state index >= 15 is 0 Å². The Hall–Kier alpha value is -2.03. The van der Waals surface area contributed by atoms with Crippen LogP contribution in [0.4, 0.5) is 0 Å². The molecule has 4 rings (SSSR count). The van der Waals surface area contributed by atoms with Crippen LogP contribution in [0.25, 0.3) is 0 Å². The summed E-state index contributed by atoms with van der Waals surface area (Å²) in [6.07, 6.45) is 2.99. The molecular weight excluding hydrogens is 408 g/mol. The summed E-state index contributed by atoms with van der Waals surface area (Å²) in [4.78, 5) is 6.78. The second kappa shape index (κ2) is 8.01. The van der Waals surface area contributed by atoms with Crippen molar-refractivity contribution >= 4 is 27.0 Å². The number of hydrogen-bond donors (Lipinski definition) is 0. The van der Waals surface area contributed by atoms with Crippen molar-refractivity contribution in [2.75, 3.05) is 26.5 Å². The van der Waals surface area contributed by atoms with E-state index in [9.17, 15) is 8.42 Å². The Kier molecular flexibility index (Phi) is 5.59. The number of thioether (sulfide) groups is 1.